The van der Waals surface area contributed by atoms with Gasteiger partial charge in [0.2, 0.25) is 0 Å². The summed E-state index contributed by atoms with van der Waals surface area (Å²) in [5.74, 6) is 1.73. The van der Waals surface area contributed by atoms with Gasteiger partial charge in [-0.05, 0) is 6.92 Å². The minimum absolute atomic E-state index is 0.850. The van der Waals surface area contributed by atoms with Gasteiger partial charge in [0.05, 0.1) is 0 Å². The number of hydrogen-bond acceptors (Lipinski definition) is 1. The molecule has 0 atom stereocenters. The number of aryl methyl sites for hydroxylation is 1. The summed E-state index contributed by atoms with van der Waals surface area (Å²) >= 11 is 0. The Balaban J connectivity index is 1.91. The predicted molar refractivity (Wildman–Crippen MR) is 87.8 cm³/mol. The molecule has 0 amide bonds. The van der Waals surface area contributed by atoms with Crippen LogP contribution in [0.3, 0.4) is 0 Å². The molecule has 0 saturated heterocycles. The molecule has 4 rings (SSSR count). The van der Waals surface area contributed by atoms with Crippen LogP contribution in [-0.2, 0) is 0 Å². The van der Waals surface area contributed by atoms with Crippen molar-refractivity contribution in [1.82, 2.24) is 10.3 Å². The number of aromatic amines is 1. The number of nitrogens with one attached hydrogen (secondary N) is 2. The van der Waals surface area contributed by atoms with E-state index >= 15 is 0 Å². The first kappa shape index (κ1) is 12.0. The van der Waals surface area contributed by atoms with Crippen LogP contribution in [0.25, 0.3) is 16.5 Å². The van der Waals surface area contributed by atoms with E-state index in [9.17, 15) is 0 Å². The van der Waals surface area contributed by atoms with E-state index in [-0.39, 0.29) is 0 Å². The van der Waals surface area contributed by atoms with Crippen molar-refractivity contribution < 1.29 is 0 Å². The van der Waals surface area contributed by atoms with Crippen molar-refractivity contribution in [2.45, 2.75) is 6.92 Å². The van der Waals surface area contributed by atoms with Crippen LogP contribution in [0, 0.1) is 6.92 Å². The van der Waals surface area contributed by atoms with Gasteiger partial charge >= 0.3 is 0 Å². The number of H-pyrrole nitrogens is 1. The summed E-state index contributed by atoms with van der Waals surface area (Å²) in [6.07, 6.45) is 0. The summed E-state index contributed by atoms with van der Waals surface area (Å²) in [5.41, 5.74) is 4.25. The van der Waals surface area contributed by atoms with E-state index in [0.717, 1.165) is 39.6 Å². The van der Waals surface area contributed by atoms with E-state index < -0.39 is 0 Å². The molecule has 2 aromatic carbocycles. The van der Waals surface area contributed by atoms with Gasteiger partial charge in [-0.25, -0.2) is 4.99 Å². The SMILES string of the molecule is C=C1NC(=Nc2[nH]c(C)c3ccccc23)c2ccccc21. The van der Waals surface area contributed by atoms with Crippen LogP contribution < -0.4 is 5.32 Å². The molecule has 1 aliphatic rings. The van der Waals surface area contributed by atoms with Crippen molar-refractivity contribution in [3.05, 3.63) is 71.9 Å². The molecule has 0 saturated carbocycles. The molecule has 21 heavy (non-hydrogen) atoms. The molecule has 0 spiro atoms. The van der Waals surface area contributed by atoms with Gasteiger partial charge in [-0.15, -0.1) is 0 Å². The molecule has 2 heterocycles. The first-order chi connectivity index (χ1) is 10.2. The van der Waals surface area contributed by atoms with Gasteiger partial charge in [-0.3, -0.25) is 0 Å². The van der Waals surface area contributed by atoms with E-state index in [1.54, 1.807) is 0 Å². The molecule has 0 unspecified atom stereocenters. The van der Waals surface area contributed by atoms with Crippen molar-refractivity contribution in [3.63, 3.8) is 0 Å². The fourth-order valence-corrected chi connectivity index (χ4v) is 2.85. The molecule has 0 aliphatic carbocycles. The van der Waals surface area contributed by atoms with Crippen molar-refractivity contribution in [1.29, 1.82) is 0 Å². The Kier molecular flexibility index (Phi) is 2.48. The zero-order chi connectivity index (χ0) is 14.4. The number of benzene rings is 2. The third-order valence-electron chi connectivity index (χ3n) is 3.89. The minimum Gasteiger partial charge on any atom is -0.343 e. The monoisotopic (exact) mass is 273 g/mol. The fourth-order valence-electron chi connectivity index (χ4n) is 2.85. The number of fused-ring (bicyclic) bond motifs is 2. The number of amidine groups is 1. The van der Waals surface area contributed by atoms with E-state index in [2.05, 4.69) is 48.1 Å². The Hall–Kier alpha value is -2.81. The minimum atomic E-state index is 0.850. The molecular weight excluding hydrogens is 258 g/mol. The third-order valence-corrected chi connectivity index (χ3v) is 3.89. The van der Waals surface area contributed by atoms with Gasteiger partial charge in [0.15, 0.2) is 0 Å². The molecule has 1 aromatic heterocycles. The summed E-state index contributed by atoms with van der Waals surface area (Å²) in [6, 6.07) is 16.4. The fraction of sp³-hybridized carbons (Fsp3) is 0.0556. The Morgan fingerprint density at radius 2 is 1.57 bits per heavy atom. The lowest BCUT2D eigenvalue weighted by Crippen LogP contribution is -2.13. The number of hydrogen-bond donors (Lipinski definition) is 2. The zero-order valence-corrected chi connectivity index (χ0v) is 11.8. The summed E-state index contributed by atoms with van der Waals surface area (Å²) in [7, 11) is 0. The van der Waals surface area contributed by atoms with Gasteiger partial charge in [0.25, 0.3) is 0 Å². The molecule has 102 valence electrons. The normalized spacial score (nSPS) is 15.5. The van der Waals surface area contributed by atoms with Crippen LogP contribution in [-0.4, -0.2) is 10.8 Å². The second-order valence-electron chi connectivity index (χ2n) is 5.25. The number of nitrogens with zero attached hydrogens (tertiary/aromatic N) is 1. The maximum Gasteiger partial charge on any atom is 0.140 e. The first-order valence-corrected chi connectivity index (χ1v) is 6.96. The Bertz CT molecular complexity index is 900. The summed E-state index contributed by atoms with van der Waals surface area (Å²) < 4.78 is 0. The van der Waals surface area contributed by atoms with Gasteiger partial charge in [-0.2, -0.15) is 0 Å². The molecule has 0 radical (unpaired) electrons. The molecule has 1 aliphatic heterocycles. The molecule has 3 nitrogen and oxygen atoms in total. The average molecular weight is 273 g/mol. The number of aromatic nitrogens is 1. The van der Waals surface area contributed by atoms with Gasteiger partial charge in [0.1, 0.15) is 11.7 Å². The third kappa shape index (κ3) is 1.78. The highest BCUT2D eigenvalue weighted by atomic mass is 15.1. The standard InChI is InChI=1S/C18H15N3/c1-11-13-7-3-5-9-15(13)17(19-11)21-18-16-10-6-4-8-14(16)12(2)20-18/h3-10,20H,1H2,2H3,(H,19,21). The quantitative estimate of drug-likeness (QED) is 0.687. The lowest BCUT2D eigenvalue weighted by atomic mass is 10.1. The highest BCUT2D eigenvalue weighted by Crippen LogP contribution is 2.30. The Morgan fingerprint density at radius 3 is 2.38 bits per heavy atom. The van der Waals surface area contributed by atoms with Gasteiger partial charge in [-0.1, -0.05) is 55.1 Å². The first-order valence-electron chi connectivity index (χ1n) is 6.96. The number of aliphatic imine (C=N–C) groups is 1. The second-order valence-corrected chi connectivity index (χ2v) is 5.25. The zero-order valence-electron chi connectivity index (χ0n) is 11.8. The van der Waals surface area contributed by atoms with Crippen LogP contribution in [0.15, 0.2) is 60.1 Å². The smallest absolute Gasteiger partial charge is 0.140 e. The van der Waals surface area contributed by atoms with Crippen LogP contribution in [0.1, 0.15) is 16.8 Å². The Labute approximate surface area is 123 Å². The maximum atomic E-state index is 4.79. The molecule has 3 heteroatoms. The second kappa shape index (κ2) is 4.35. The average Bonchev–Trinajstić information content (AvgIpc) is 3.00. The number of rotatable bonds is 1. The Morgan fingerprint density at radius 1 is 0.905 bits per heavy atom. The van der Waals surface area contributed by atoms with Crippen LogP contribution in [0.5, 0.6) is 0 Å². The highest BCUT2D eigenvalue weighted by molar-refractivity contribution is 6.13. The van der Waals surface area contributed by atoms with E-state index in [1.807, 2.05) is 24.3 Å². The summed E-state index contributed by atoms with van der Waals surface area (Å²) in [5, 5.41) is 5.63. The van der Waals surface area contributed by atoms with Gasteiger partial charge in [0, 0.05) is 33.3 Å². The van der Waals surface area contributed by atoms with Crippen LogP contribution in [0.4, 0.5) is 5.82 Å². The molecule has 2 N–H and O–H groups in total. The van der Waals surface area contributed by atoms with E-state index in [1.165, 1.54) is 5.39 Å². The van der Waals surface area contributed by atoms with Crippen molar-refractivity contribution in [3.8, 4) is 0 Å². The largest absolute Gasteiger partial charge is 0.343 e. The molecule has 0 bridgehead atoms. The van der Waals surface area contributed by atoms with Crippen LogP contribution >= 0.6 is 0 Å². The highest BCUT2D eigenvalue weighted by Gasteiger charge is 2.20. The summed E-state index contributed by atoms with van der Waals surface area (Å²) in [4.78, 5) is 8.16. The molecule has 3 aromatic rings. The summed E-state index contributed by atoms with van der Waals surface area (Å²) in [6.45, 7) is 6.12. The van der Waals surface area contributed by atoms with E-state index in [4.69, 9.17) is 4.99 Å². The lowest BCUT2D eigenvalue weighted by molar-refractivity contribution is 1.23. The predicted octanol–water partition coefficient (Wildman–Crippen LogP) is 4.13. The maximum absolute atomic E-state index is 4.79. The van der Waals surface area contributed by atoms with E-state index in [0.29, 0.717) is 0 Å². The van der Waals surface area contributed by atoms with Crippen molar-refractivity contribution in [2.75, 3.05) is 0 Å². The topological polar surface area (TPSA) is 40.2 Å². The lowest BCUT2D eigenvalue weighted by Gasteiger charge is -1.99. The van der Waals surface area contributed by atoms with Crippen molar-refractivity contribution >= 4 is 28.1 Å². The molecular formula is C18H15N3. The van der Waals surface area contributed by atoms with Crippen LogP contribution in [0.2, 0.25) is 0 Å². The van der Waals surface area contributed by atoms with Crippen molar-refractivity contribution in [2.24, 2.45) is 4.99 Å². The van der Waals surface area contributed by atoms with Gasteiger partial charge < -0.3 is 10.3 Å². The molecule has 0 fully saturated rings.